The third-order valence-corrected chi connectivity index (χ3v) is 2.98. The highest BCUT2D eigenvalue weighted by Gasteiger charge is 2.14. The maximum atomic E-state index is 11.8. The molecule has 0 saturated carbocycles. The lowest BCUT2D eigenvalue weighted by molar-refractivity contribution is -0.125. The minimum Gasteiger partial charge on any atom is -0.452 e. The summed E-state index contributed by atoms with van der Waals surface area (Å²) in [5.74, 6) is -0.955. The van der Waals surface area contributed by atoms with Gasteiger partial charge in [0.1, 0.15) is 0 Å². The molecule has 0 aliphatic rings. The number of benzene rings is 1. The van der Waals surface area contributed by atoms with Gasteiger partial charge in [-0.3, -0.25) is 4.79 Å². The van der Waals surface area contributed by atoms with E-state index in [1.807, 2.05) is 13.8 Å². The van der Waals surface area contributed by atoms with E-state index in [4.69, 9.17) is 16.2 Å². The number of nitrogens with one attached hydrogen (secondary N) is 1. The molecule has 0 atom stereocenters. The Labute approximate surface area is 118 Å². The van der Waals surface area contributed by atoms with Crippen molar-refractivity contribution in [2.24, 2.45) is 0 Å². The number of rotatable bonds is 6. The number of carbonyl (C=O) groups is 2. The van der Waals surface area contributed by atoms with E-state index in [0.29, 0.717) is 5.69 Å². The van der Waals surface area contributed by atoms with Crippen LogP contribution in [0.3, 0.4) is 0 Å². The van der Waals surface area contributed by atoms with Gasteiger partial charge in [-0.2, -0.15) is 0 Å². The van der Waals surface area contributed by atoms with Gasteiger partial charge in [-0.1, -0.05) is 13.8 Å². The van der Waals surface area contributed by atoms with Crippen LogP contribution >= 0.6 is 0 Å². The molecule has 1 aromatic rings. The molecule has 0 unspecified atom stereocenters. The van der Waals surface area contributed by atoms with Gasteiger partial charge in [0.25, 0.3) is 5.91 Å². The van der Waals surface area contributed by atoms with Gasteiger partial charge in [0.05, 0.1) is 5.56 Å². The summed E-state index contributed by atoms with van der Waals surface area (Å²) in [6, 6.07) is 4.60. The van der Waals surface area contributed by atoms with Crippen molar-refractivity contribution in [3.05, 3.63) is 23.8 Å². The van der Waals surface area contributed by atoms with Gasteiger partial charge in [-0.15, -0.1) is 0 Å². The third kappa shape index (κ3) is 4.46. The van der Waals surface area contributed by atoms with Crippen LogP contribution in [0.2, 0.25) is 0 Å². The molecular weight excluding hydrogens is 258 g/mol. The number of amides is 1. The topological polar surface area (TPSA) is 107 Å². The first-order chi connectivity index (χ1) is 9.47. The normalized spacial score (nSPS) is 10.3. The van der Waals surface area contributed by atoms with Gasteiger partial charge in [0.15, 0.2) is 6.61 Å². The second-order valence-corrected chi connectivity index (χ2v) is 4.50. The summed E-state index contributed by atoms with van der Waals surface area (Å²) in [7, 11) is 0. The predicted molar refractivity (Wildman–Crippen MR) is 78.1 cm³/mol. The molecule has 0 saturated heterocycles. The Morgan fingerprint density at radius 1 is 1.25 bits per heavy atom. The summed E-state index contributed by atoms with van der Waals surface area (Å²) in [6.45, 7) is 3.64. The Bertz CT molecular complexity index is 485. The first-order valence-corrected chi connectivity index (χ1v) is 6.59. The first-order valence-electron chi connectivity index (χ1n) is 6.59. The van der Waals surface area contributed by atoms with E-state index in [2.05, 4.69) is 5.32 Å². The van der Waals surface area contributed by atoms with Crippen molar-refractivity contribution in [3.63, 3.8) is 0 Å². The second kappa shape index (κ2) is 7.37. The molecule has 6 heteroatoms. The minimum absolute atomic E-state index is 0.0998. The number of carbonyl (C=O) groups excluding carboxylic acids is 2. The van der Waals surface area contributed by atoms with Crippen molar-refractivity contribution < 1.29 is 14.3 Å². The van der Waals surface area contributed by atoms with Gasteiger partial charge >= 0.3 is 5.97 Å². The Balaban J connectivity index is 2.53. The highest BCUT2D eigenvalue weighted by molar-refractivity contribution is 5.96. The number of ether oxygens (including phenoxy) is 1. The highest BCUT2D eigenvalue weighted by Crippen LogP contribution is 2.16. The van der Waals surface area contributed by atoms with E-state index in [-0.39, 0.29) is 29.8 Å². The molecule has 0 aliphatic heterocycles. The van der Waals surface area contributed by atoms with Crippen molar-refractivity contribution in [1.82, 2.24) is 5.32 Å². The summed E-state index contributed by atoms with van der Waals surface area (Å²) in [5, 5.41) is 2.78. The van der Waals surface area contributed by atoms with Crippen LogP contribution in [0.25, 0.3) is 0 Å². The molecule has 1 amide bonds. The summed E-state index contributed by atoms with van der Waals surface area (Å²) in [6.07, 6.45) is 1.67. The van der Waals surface area contributed by atoms with Crippen molar-refractivity contribution in [2.75, 3.05) is 18.1 Å². The largest absolute Gasteiger partial charge is 0.452 e. The molecule has 0 aliphatic carbocycles. The standard InChI is InChI=1S/C14H21N3O3/c1-3-10(4-2)17-13(18)8-20-14(19)11-6-5-9(15)7-12(11)16/h5-7,10H,3-4,8,15-16H2,1-2H3,(H,17,18). The smallest absolute Gasteiger partial charge is 0.340 e. The molecule has 1 rings (SSSR count). The van der Waals surface area contributed by atoms with E-state index in [9.17, 15) is 9.59 Å². The van der Waals surface area contributed by atoms with Gasteiger partial charge in [0, 0.05) is 17.4 Å². The Hall–Kier alpha value is -2.24. The number of esters is 1. The fourth-order valence-electron chi connectivity index (χ4n) is 1.74. The van der Waals surface area contributed by atoms with E-state index in [1.165, 1.54) is 12.1 Å². The van der Waals surface area contributed by atoms with Crippen molar-refractivity contribution in [3.8, 4) is 0 Å². The lowest BCUT2D eigenvalue weighted by Gasteiger charge is -2.14. The molecule has 0 fully saturated rings. The van der Waals surface area contributed by atoms with Crippen LogP contribution in [0.4, 0.5) is 11.4 Å². The number of hydrogen-bond donors (Lipinski definition) is 3. The van der Waals surface area contributed by atoms with Gasteiger partial charge in [0.2, 0.25) is 0 Å². The van der Waals surface area contributed by atoms with Crippen LogP contribution in [-0.2, 0) is 9.53 Å². The molecule has 0 heterocycles. The minimum atomic E-state index is -0.637. The van der Waals surface area contributed by atoms with Crippen molar-refractivity contribution in [2.45, 2.75) is 32.7 Å². The highest BCUT2D eigenvalue weighted by atomic mass is 16.5. The Morgan fingerprint density at radius 2 is 1.90 bits per heavy atom. The van der Waals surface area contributed by atoms with Crippen LogP contribution in [0, 0.1) is 0 Å². The summed E-state index contributed by atoms with van der Waals surface area (Å²) < 4.78 is 4.93. The SMILES string of the molecule is CCC(CC)NC(=O)COC(=O)c1ccc(N)cc1N. The molecule has 0 spiro atoms. The fourth-order valence-corrected chi connectivity index (χ4v) is 1.74. The fraction of sp³-hybridized carbons (Fsp3) is 0.429. The number of anilines is 2. The summed E-state index contributed by atoms with van der Waals surface area (Å²) >= 11 is 0. The van der Waals surface area contributed by atoms with E-state index < -0.39 is 5.97 Å². The van der Waals surface area contributed by atoms with E-state index in [1.54, 1.807) is 6.07 Å². The van der Waals surface area contributed by atoms with Crippen molar-refractivity contribution >= 4 is 23.3 Å². The lowest BCUT2D eigenvalue weighted by Crippen LogP contribution is -2.36. The third-order valence-electron chi connectivity index (χ3n) is 2.98. The lowest BCUT2D eigenvalue weighted by atomic mass is 10.1. The molecular formula is C14H21N3O3. The average molecular weight is 279 g/mol. The molecule has 6 nitrogen and oxygen atoms in total. The van der Waals surface area contributed by atoms with Crippen LogP contribution in [0.5, 0.6) is 0 Å². The molecule has 20 heavy (non-hydrogen) atoms. The predicted octanol–water partition coefficient (Wildman–Crippen LogP) is 1.31. The summed E-state index contributed by atoms with van der Waals surface area (Å²) in [5.41, 5.74) is 12.1. The molecule has 0 bridgehead atoms. The zero-order valence-electron chi connectivity index (χ0n) is 11.8. The maximum Gasteiger partial charge on any atom is 0.340 e. The molecule has 0 radical (unpaired) electrons. The monoisotopic (exact) mass is 279 g/mol. The average Bonchev–Trinajstić information content (AvgIpc) is 2.42. The Kier molecular flexibility index (Phi) is 5.83. The van der Waals surface area contributed by atoms with E-state index in [0.717, 1.165) is 12.8 Å². The zero-order valence-corrected chi connectivity index (χ0v) is 11.8. The number of hydrogen-bond acceptors (Lipinski definition) is 5. The summed E-state index contributed by atoms with van der Waals surface area (Å²) in [4.78, 5) is 23.4. The van der Waals surface area contributed by atoms with Crippen LogP contribution in [-0.4, -0.2) is 24.5 Å². The molecule has 110 valence electrons. The Morgan fingerprint density at radius 3 is 2.45 bits per heavy atom. The number of nitrogens with two attached hydrogens (primary N) is 2. The van der Waals surface area contributed by atoms with Crippen LogP contribution < -0.4 is 16.8 Å². The quantitative estimate of drug-likeness (QED) is 0.537. The first kappa shape index (κ1) is 15.8. The van der Waals surface area contributed by atoms with Gasteiger partial charge < -0.3 is 21.5 Å². The van der Waals surface area contributed by atoms with Crippen LogP contribution in [0.15, 0.2) is 18.2 Å². The van der Waals surface area contributed by atoms with E-state index >= 15 is 0 Å². The number of nitrogen functional groups attached to an aromatic ring is 2. The van der Waals surface area contributed by atoms with Gasteiger partial charge in [-0.05, 0) is 31.0 Å². The molecule has 1 aromatic carbocycles. The molecule has 0 aromatic heterocycles. The second-order valence-electron chi connectivity index (χ2n) is 4.50. The van der Waals surface area contributed by atoms with Crippen molar-refractivity contribution in [1.29, 1.82) is 0 Å². The molecule has 5 N–H and O–H groups in total. The maximum absolute atomic E-state index is 11.8. The zero-order chi connectivity index (χ0) is 15.1. The van der Waals surface area contributed by atoms with Gasteiger partial charge in [-0.25, -0.2) is 4.79 Å². The van der Waals surface area contributed by atoms with Crippen LogP contribution in [0.1, 0.15) is 37.0 Å².